The highest BCUT2D eigenvalue weighted by Gasteiger charge is 2.36. The lowest BCUT2D eigenvalue weighted by atomic mass is 9.87. The van der Waals surface area contributed by atoms with Gasteiger partial charge in [0, 0.05) is 37.3 Å². The van der Waals surface area contributed by atoms with Crippen molar-refractivity contribution in [2.45, 2.75) is 45.1 Å². The number of carbonyl (C=O) groups is 3. The molecule has 7 heteroatoms. The fourth-order valence-corrected chi connectivity index (χ4v) is 4.95. The summed E-state index contributed by atoms with van der Waals surface area (Å²) in [6.45, 7) is 4.31. The average Bonchev–Trinajstić information content (AvgIpc) is 2.88. The first kappa shape index (κ1) is 23.9. The number of carbonyl (C=O) groups excluding carboxylic acids is 3. The molecular weight excluding hydrogens is 433 g/mol. The fraction of sp³-hybridized carbons (Fsp3) is 0.444. The van der Waals surface area contributed by atoms with Crippen molar-refractivity contribution < 1.29 is 18.8 Å². The summed E-state index contributed by atoms with van der Waals surface area (Å²) in [7, 11) is 0. The number of benzene rings is 2. The van der Waals surface area contributed by atoms with Crippen LogP contribution in [0.4, 0.5) is 4.39 Å². The number of hydrogen-bond acceptors (Lipinski definition) is 3. The molecule has 2 aliphatic rings. The average molecular weight is 466 g/mol. The third-order valence-electron chi connectivity index (χ3n) is 7.00. The Labute approximate surface area is 200 Å². The van der Waals surface area contributed by atoms with E-state index in [0.717, 1.165) is 37.9 Å². The minimum absolute atomic E-state index is 0.0232. The zero-order chi connectivity index (χ0) is 24.1. The van der Waals surface area contributed by atoms with Gasteiger partial charge in [-0.2, -0.15) is 0 Å². The molecule has 0 bridgehead atoms. The Bertz CT molecular complexity index is 1030. The highest BCUT2D eigenvalue weighted by molar-refractivity contribution is 5.99. The third kappa shape index (κ3) is 5.46. The second kappa shape index (κ2) is 10.8. The van der Waals surface area contributed by atoms with Crippen LogP contribution in [-0.4, -0.2) is 59.7 Å². The van der Waals surface area contributed by atoms with Crippen LogP contribution in [0.5, 0.6) is 0 Å². The monoisotopic (exact) mass is 465 g/mol. The van der Waals surface area contributed by atoms with E-state index >= 15 is 0 Å². The number of halogens is 1. The molecule has 4 rings (SSSR count). The van der Waals surface area contributed by atoms with Crippen molar-refractivity contribution in [1.82, 2.24) is 15.1 Å². The Kier molecular flexibility index (Phi) is 7.60. The van der Waals surface area contributed by atoms with Gasteiger partial charge in [-0.1, -0.05) is 18.2 Å². The van der Waals surface area contributed by atoms with Gasteiger partial charge >= 0.3 is 0 Å². The van der Waals surface area contributed by atoms with Crippen LogP contribution < -0.4 is 5.32 Å². The summed E-state index contributed by atoms with van der Waals surface area (Å²) >= 11 is 0. The van der Waals surface area contributed by atoms with Crippen LogP contribution in [0.2, 0.25) is 0 Å². The molecule has 180 valence electrons. The van der Waals surface area contributed by atoms with Crippen LogP contribution in [0.1, 0.15) is 58.4 Å². The quantitative estimate of drug-likeness (QED) is 0.730. The number of nitrogens with one attached hydrogen (secondary N) is 1. The van der Waals surface area contributed by atoms with Crippen LogP contribution in [0, 0.1) is 18.7 Å². The number of amides is 3. The number of aryl methyl sites for hydroxylation is 1. The van der Waals surface area contributed by atoms with Gasteiger partial charge in [-0.3, -0.25) is 14.4 Å². The summed E-state index contributed by atoms with van der Waals surface area (Å²) in [5, 5.41) is 3.05. The molecule has 2 heterocycles. The Morgan fingerprint density at radius 3 is 2.18 bits per heavy atom. The molecule has 6 nitrogen and oxygen atoms in total. The zero-order valence-corrected chi connectivity index (χ0v) is 19.6. The molecule has 0 aliphatic carbocycles. The lowest BCUT2D eigenvalue weighted by molar-refractivity contribution is -0.136. The van der Waals surface area contributed by atoms with E-state index in [1.807, 2.05) is 30.0 Å². The maximum absolute atomic E-state index is 13.5. The molecule has 2 aromatic carbocycles. The van der Waals surface area contributed by atoms with Crippen molar-refractivity contribution in [2.75, 3.05) is 26.2 Å². The number of hydrogen-bond donors (Lipinski definition) is 1. The maximum atomic E-state index is 13.5. The number of rotatable bonds is 5. The largest absolute Gasteiger partial charge is 0.341 e. The maximum Gasteiger partial charge on any atom is 0.253 e. The van der Waals surface area contributed by atoms with Crippen molar-refractivity contribution in [1.29, 1.82) is 0 Å². The van der Waals surface area contributed by atoms with E-state index in [1.165, 1.54) is 24.3 Å². The standard InChI is InChI=1S/C27H32FN3O3/c1-19-7-3-4-8-23(19)25(32)29-24(27(34)30-15-5-2-6-16-30)20-13-17-31(18-14-20)26(33)21-9-11-22(28)12-10-21/h3-4,7-12,20,24H,2,5-6,13-18H2,1H3,(H,29,32)/t24-/m1/s1. The smallest absolute Gasteiger partial charge is 0.253 e. The van der Waals surface area contributed by atoms with Gasteiger partial charge in [-0.05, 0) is 80.8 Å². The van der Waals surface area contributed by atoms with Crippen molar-refractivity contribution in [3.63, 3.8) is 0 Å². The van der Waals surface area contributed by atoms with Gasteiger partial charge in [0.05, 0.1) is 0 Å². The Hall–Kier alpha value is -3.22. The van der Waals surface area contributed by atoms with E-state index in [-0.39, 0.29) is 29.5 Å². The molecule has 2 aliphatic heterocycles. The first-order chi connectivity index (χ1) is 16.4. The molecule has 1 atom stereocenters. The molecule has 3 amide bonds. The van der Waals surface area contributed by atoms with Gasteiger partial charge in [0.2, 0.25) is 5.91 Å². The van der Waals surface area contributed by atoms with Gasteiger partial charge in [-0.25, -0.2) is 4.39 Å². The van der Waals surface area contributed by atoms with E-state index in [4.69, 9.17) is 0 Å². The predicted octanol–water partition coefficient (Wildman–Crippen LogP) is 3.80. The lowest BCUT2D eigenvalue weighted by Gasteiger charge is -2.38. The van der Waals surface area contributed by atoms with Gasteiger partial charge in [0.25, 0.3) is 11.8 Å². The Morgan fingerprint density at radius 2 is 1.53 bits per heavy atom. The number of likely N-dealkylation sites (tertiary alicyclic amines) is 2. The first-order valence-corrected chi connectivity index (χ1v) is 12.1. The van der Waals surface area contributed by atoms with Crippen molar-refractivity contribution in [3.05, 3.63) is 71.0 Å². The molecule has 2 fully saturated rings. The SMILES string of the molecule is Cc1ccccc1C(=O)N[C@@H](C(=O)N1CCCCC1)C1CCN(C(=O)c2ccc(F)cc2)CC1. The van der Waals surface area contributed by atoms with Crippen molar-refractivity contribution in [3.8, 4) is 0 Å². The lowest BCUT2D eigenvalue weighted by Crippen LogP contribution is -2.55. The van der Waals surface area contributed by atoms with E-state index in [2.05, 4.69) is 5.32 Å². The van der Waals surface area contributed by atoms with Gasteiger partial charge in [-0.15, -0.1) is 0 Å². The molecule has 2 aromatic rings. The first-order valence-electron chi connectivity index (χ1n) is 12.1. The minimum Gasteiger partial charge on any atom is -0.341 e. The molecule has 1 N–H and O–H groups in total. The summed E-state index contributed by atoms with van der Waals surface area (Å²) in [6, 6.07) is 12.3. The van der Waals surface area contributed by atoms with Gasteiger partial charge in [0.15, 0.2) is 0 Å². The Morgan fingerprint density at radius 1 is 0.882 bits per heavy atom. The molecular formula is C27H32FN3O3. The Balaban J connectivity index is 1.47. The van der Waals surface area contributed by atoms with Gasteiger partial charge in [0.1, 0.15) is 11.9 Å². The minimum atomic E-state index is -0.617. The van der Waals surface area contributed by atoms with Crippen LogP contribution in [-0.2, 0) is 4.79 Å². The van der Waals surface area contributed by atoms with Crippen molar-refractivity contribution in [2.24, 2.45) is 5.92 Å². The summed E-state index contributed by atoms with van der Waals surface area (Å²) in [6.07, 6.45) is 4.31. The second-order valence-electron chi connectivity index (χ2n) is 9.29. The van der Waals surface area contributed by atoms with E-state index in [0.29, 0.717) is 37.1 Å². The topological polar surface area (TPSA) is 69.7 Å². The molecule has 0 saturated carbocycles. The van der Waals surface area contributed by atoms with E-state index < -0.39 is 6.04 Å². The second-order valence-corrected chi connectivity index (χ2v) is 9.29. The van der Waals surface area contributed by atoms with E-state index in [9.17, 15) is 18.8 Å². The van der Waals surface area contributed by atoms with Gasteiger partial charge < -0.3 is 15.1 Å². The van der Waals surface area contributed by atoms with Crippen LogP contribution in [0.25, 0.3) is 0 Å². The normalized spacial score (nSPS) is 17.8. The summed E-state index contributed by atoms with van der Waals surface area (Å²) < 4.78 is 13.2. The van der Waals surface area contributed by atoms with Crippen LogP contribution in [0.3, 0.4) is 0 Å². The summed E-state index contributed by atoms with van der Waals surface area (Å²) in [5.41, 5.74) is 1.89. The highest BCUT2D eigenvalue weighted by atomic mass is 19.1. The molecule has 34 heavy (non-hydrogen) atoms. The highest BCUT2D eigenvalue weighted by Crippen LogP contribution is 2.25. The molecule has 0 radical (unpaired) electrons. The summed E-state index contributed by atoms with van der Waals surface area (Å²) in [5.74, 6) is -0.831. The number of nitrogens with zero attached hydrogens (tertiary/aromatic N) is 2. The predicted molar refractivity (Wildman–Crippen MR) is 128 cm³/mol. The van der Waals surface area contributed by atoms with Crippen LogP contribution in [0.15, 0.2) is 48.5 Å². The van der Waals surface area contributed by atoms with Crippen molar-refractivity contribution >= 4 is 17.7 Å². The zero-order valence-electron chi connectivity index (χ0n) is 19.6. The fourth-order valence-electron chi connectivity index (χ4n) is 4.95. The van der Waals surface area contributed by atoms with E-state index in [1.54, 1.807) is 11.0 Å². The molecule has 0 spiro atoms. The van der Waals surface area contributed by atoms with Crippen LogP contribution >= 0.6 is 0 Å². The molecule has 0 unspecified atom stereocenters. The third-order valence-corrected chi connectivity index (χ3v) is 7.00. The summed E-state index contributed by atoms with van der Waals surface area (Å²) in [4.78, 5) is 43.1. The molecule has 2 saturated heterocycles. The molecule has 0 aromatic heterocycles. The number of piperidine rings is 2.